The van der Waals surface area contributed by atoms with Crippen molar-refractivity contribution < 1.29 is 9.66 Å². The maximum absolute atomic E-state index is 10.7. The van der Waals surface area contributed by atoms with Crippen LogP contribution in [0.5, 0.6) is 0 Å². The first-order valence-corrected chi connectivity index (χ1v) is 6.50. The quantitative estimate of drug-likeness (QED) is 0.669. The van der Waals surface area contributed by atoms with Crippen molar-refractivity contribution in [2.45, 2.75) is 44.8 Å². The highest BCUT2D eigenvalue weighted by Crippen LogP contribution is 2.25. The molecule has 6 heteroatoms. The molecule has 1 aliphatic carbocycles. The van der Waals surface area contributed by atoms with Gasteiger partial charge in [-0.25, -0.2) is 4.98 Å². The van der Waals surface area contributed by atoms with Crippen molar-refractivity contribution in [3.63, 3.8) is 0 Å². The number of hydrogen-bond donors (Lipinski definition) is 1. The van der Waals surface area contributed by atoms with E-state index in [1.807, 2.05) is 6.92 Å². The number of pyridine rings is 1. The predicted molar refractivity (Wildman–Crippen MR) is 72.3 cm³/mol. The molecule has 2 unspecified atom stereocenters. The topological polar surface area (TPSA) is 77.3 Å². The second kappa shape index (κ2) is 5.97. The molecule has 0 aromatic carbocycles. The van der Waals surface area contributed by atoms with Crippen LogP contribution in [0.25, 0.3) is 0 Å². The van der Waals surface area contributed by atoms with Gasteiger partial charge in [0.15, 0.2) is 0 Å². The molecule has 19 heavy (non-hydrogen) atoms. The highest BCUT2D eigenvalue weighted by Gasteiger charge is 2.22. The van der Waals surface area contributed by atoms with Crippen molar-refractivity contribution in [1.82, 2.24) is 4.98 Å². The van der Waals surface area contributed by atoms with Crippen molar-refractivity contribution in [2.75, 3.05) is 12.4 Å². The Hall–Kier alpha value is -1.69. The minimum absolute atomic E-state index is 0.0291. The van der Waals surface area contributed by atoms with E-state index in [4.69, 9.17) is 4.74 Å². The SMILES string of the molecule is COC1CCCC(Nc2ncc([N+](=O)[O-])cc2C)C1. The van der Waals surface area contributed by atoms with Crippen LogP contribution >= 0.6 is 0 Å². The Morgan fingerprint density at radius 1 is 1.53 bits per heavy atom. The number of hydrogen-bond acceptors (Lipinski definition) is 5. The molecule has 1 aromatic rings. The van der Waals surface area contributed by atoms with Gasteiger partial charge in [0.05, 0.1) is 11.0 Å². The van der Waals surface area contributed by atoms with Crippen molar-refractivity contribution in [3.8, 4) is 0 Å². The van der Waals surface area contributed by atoms with Gasteiger partial charge in [-0.05, 0) is 38.2 Å². The summed E-state index contributed by atoms with van der Waals surface area (Å²) in [6.45, 7) is 1.83. The summed E-state index contributed by atoms with van der Waals surface area (Å²) in [4.78, 5) is 14.4. The molecule has 1 aliphatic rings. The van der Waals surface area contributed by atoms with Crippen LogP contribution < -0.4 is 5.32 Å². The molecule has 1 saturated carbocycles. The number of aryl methyl sites for hydroxylation is 1. The van der Waals surface area contributed by atoms with Gasteiger partial charge in [0.2, 0.25) is 0 Å². The zero-order chi connectivity index (χ0) is 13.8. The van der Waals surface area contributed by atoms with Crippen LogP contribution in [-0.2, 0) is 4.74 Å². The molecule has 0 aliphatic heterocycles. The van der Waals surface area contributed by atoms with Crippen LogP contribution in [0.15, 0.2) is 12.3 Å². The Balaban J connectivity index is 2.04. The Labute approximate surface area is 112 Å². The summed E-state index contributed by atoms with van der Waals surface area (Å²) in [5, 5.41) is 14.0. The van der Waals surface area contributed by atoms with Gasteiger partial charge in [0.1, 0.15) is 12.0 Å². The van der Waals surface area contributed by atoms with E-state index in [0.717, 1.165) is 37.1 Å². The second-order valence-electron chi connectivity index (χ2n) is 4.98. The van der Waals surface area contributed by atoms with Crippen LogP contribution in [0.4, 0.5) is 11.5 Å². The minimum atomic E-state index is -0.425. The highest BCUT2D eigenvalue weighted by atomic mass is 16.6. The summed E-state index contributed by atoms with van der Waals surface area (Å²) in [7, 11) is 1.74. The number of ether oxygens (including phenoxy) is 1. The monoisotopic (exact) mass is 265 g/mol. The molecule has 1 fully saturated rings. The Morgan fingerprint density at radius 2 is 2.32 bits per heavy atom. The molecule has 6 nitrogen and oxygen atoms in total. The van der Waals surface area contributed by atoms with Crippen LogP contribution in [0, 0.1) is 17.0 Å². The van der Waals surface area contributed by atoms with Crippen LogP contribution in [0.1, 0.15) is 31.2 Å². The van der Waals surface area contributed by atoms with Crippen LogP contribution in [0.2, 0.25) is 0 Å². The summed E-state index contributed by atoms with van der Waals surface area (Å²) in [5.74, 6) is 0.729. The molecular formula is C13H19N3O3. The lowest BCUT2D eigenvalue weighted by Crippen LogP contribution is -2.31. The van der Waals surface area contributed by atoms with E-state index < -0.39 is 4.92 Å². The smallest absolute Gasteiger partial charge is 0.287 e. The maximum Gasteiger partial charge on any atom is 0.287 e. The lowest BCUT2D eigenvalue weighted by molar-refractivity contribution is -0.385. The minimum Gasteiger partial charge on any atom is -0.381 e. The van der Waals surface area contributed by atoms with Gasteiger partial charge < -0.3 is 10.1 Å². The van der Waals surface area contributed by atoms with Gasteiger partial charge in [-0.3, -0.25) is 10.1 Å². The van der Waals surface area contributed by atoms with Crippen molar-refractivity contribution in [2.24, 2.45) is 0 Å². The lowest BCUT2D eigenvalue weighted by Gasteiger charge is -2.29. The summed E-state index contributed by atoms with van der Waals surface area (Å²) >= 11 is 0. The molecule has 1 aromatic heterocycles. The zero-order valence-electron chi connectivity index (χ0n) is 11.3. The van der Waals surface area contributed by atoms with Crippen molar-refractivity contribution >= 4 is 11.5 Å². The summed E-state index contributed by atoms with van der Waals surface area (Å²) in [6, 6.07) is 1.87. The van der Waals surface area contributed by atoms with E-state index in [0.29, 0.717) is 12.1 Å². The molecule has 0 bridgehead atoms. The number of nitrogens with one attached hydrogen (secondary N) is 1. The third-order valence-corrected chi connectivity index (χ3v) is 3.57. The molecule has 0 saturated heterocycles. The average Bonchev–Trinajstić information content (AvgIpc) is 2.41. The lowest BCUT2D eigenvalue weighted by atomic mass is 9.93. The molecule has 0 radical (unpaired) electrons. The van der Waals surface area contributed by atoms with E-state index in [9.17, 15) is 10.1 Å². The molecule has 0 amide bonds. The highest BCUT2D eigenvalue weighted by molar-refractivity contribution is 5.48. The first kappa shape index (κ1) is 13.7. The number of nitro groups is 1. The van der Waals surface area contributed by atoms with Gasteiger partial charge in [-0.1, -0.05) is 0 Å². The third-order valence-electron chi connectivity index (χ3n) is 3.57. The molecule has 1 heterocycles. The largest absolute Gasteiger partial charge is 0.381 e. The predicted octanol–water partition coefficient (Wildman–Crippen LogP) is 2.67. The van der Waals surface area contributed by atoms with E-state index in [1.54, 1.807) is 13.2 Å². The van der Waals surface area contributed by atoms with Crippen LogP contribution in [0.3, 0.4) is 0 Å². The number of aromatic nitrogens is 1. The van der Waals surface area contributed by atoms with Gasteiger partial charge in [-0.15, -0.1) is 0 Å². The summed E-state index contributed by atoms with van der Waals surface area (Å²) in [5.41, 5.74) is 0.829. The van der Waals surface area contributed by atoms with E-state index >= 15 is 0 Å². The normalized spacial score (nSPS) is 23.1. The van der Waals surface area contributed by atoms with E-state index in [-0.39, 0.29) is 5.69 Å². The molecule has 0 spiro atoms. The molecule has 2 atom stereocenters. The molecule has 2 rings (SSSR count). The van der Waals surface area contributed by atoms with Crippen molar-refractivity contribution in [3.05, 3.63) is 27.9 Å². The molecular weight excluding hydrogens is 246 g/mol. The third kappa shape index (κ3) is 3.41. The van der Waals surface area contributed by atoms with Crippen molar-refractivity contribution in [1.29, 1.82) is 0 Å². The number of nitrogens with zero attached hydrogens (tertiary/aromatic N) is 2. The number of anilines is 1. The summed E-state index contributed by atoms with van der Waals surface area (Å²) < 4.78 is 5.39. The standard InChI is InChI=1S/C13H19N3O3/c1-9-6-11(16(17)18)8-14-13(9)15-10-4-3-5-12(7-10)19-2/h6,8,10,12H,3-5,7H2,1-2H3,(H,14,15). The van der Waals surface area contributed by atoms with Crippen LogP contribution in [-0.4, -0.2) is 29.2 Å². The van der Waals surface area contributed by atoms with E-state index in [1.165, 1.54) is 6.20 Å². The maximum atomic E-state index is 10.7. The van der Waals surface area contributed by atoms with Gasteiger partial charge in [0.25, 0.3) is 5.69 Å². The summed E-state index contributed by atoms with van der Waals surface area (Å²) in [6.07, 6.45) is 5.85. The fourth-order valence-corrected chi connectivity index (χ4v) is 2.49. The van der Waals surface area contributed by atoms with Gasteiger partial charge in [-0.2, -0.15) is 0 Å². The van der Waals surface area contributed by atoms with Gasteiger partial charge >= 0.3 is 0 Å². The average molecular weight is 265 g/mol. The fourth-order valence-electron chi connectivity index (χ4n) is 2.49. The van der Waals surface area contributed by atoms with Gasteiger partial charge in [0, 0.05) is 19.2 Å². The molecule has 1 N–H and O–H groups in total. The molecule has 104 valence electrons. The Kier molecular flexibility index (Phi) is 4.31. The zero-order valence-corrected chi connectivity index (χ0v) is 11.3. The number of methoxy groups -OCH3 is 1. The Morgan fingerprint density at radius 3 is 2.95 bits per heavy atom. The first-order chi connectivity index (χ1) is 9.10. The Bertz CT molecular complexity index is 464. The fraction of sp³-hybridized carbons (Fsp3) is 0.615. The van der Waals surface area contributed by atoms with E-state index in [2.05, 4.69) is 10.3 Å². The number of rotatable bonds is 4. The second-order valence-corrected chi connectivity index (χ2v) is 4.98. The first-order valence-electron chi connectivity index (χ1n) is 6.50.